The Morgan fingerprint density at radius 3 is 2.41 bits per heavy atom. The smallest absolute Gasteiger partial charge is 0.250 e. The van der Waals surface area contributed by atoms with E-state index in [1.807, 2.05) is 53.2 Å². The number of benzene rings is 3. The van der Waals surface area contributed by atoms with E-state index in [-0.39, 0.29) is 30.4 Å². The van der Waals surface area contributed by atoms with Crippen LogP contribution in [0.25, 0.3) is 0 Å². The normalized spacial score (nSPS) is 16.3. The molecule has 0 saturated heterocycles. The molecule has 0 fully saturated rings. The van der Waals surface area contributed by atoms with Crippen LogP contribution in [0.2, 0.25) is 0 Å². The second kappa shape index (κ2) is 10.6. The van der Waals surface area contributed by atoms with Crippen LogP contribution < -0.4 is 24.8 Å². The van der Waals surface area contributed by atoms with Crippen molar-refractivity contribution in [3.63, 3.8) is 0 Å². The topological polar surface area (TPSA) is 99.5 Å². The maximum absolute atomic E-state index is 12.8. The lowest BCUT2D eigenvalue weighted by Crippen LogP contribution is -2.28. The minimum Gasteiger partial charge on any atom is -0.497 e. The third kappa shape index (κ3) is 5.20. The highest BCUT2D eigenvalue weighted by atomic mass is 16.5. The van der Waals surface area contributed by atoms with Crippen LogP contribution in [0.5, 0.6) is 17.2 Å². The van der Waals surface area contributed by atoms with Gasteiger partial charge in [-0.2, -0.15) is 4.98 Å². The van der Waals surface area contributed by atoms with Crippen molar-refractivity contribution >= 4 is 17.8 Å². The van der Waals surface area contributed by atoms with Crippen LogP contribution in [0.15, 0.2) is 72.8 Å². The number of anilines is 2. The lowest BCUT2D eigenvalue weighted by Gasteiger charge is -2.31. The van der Waals surface area contributed by atoms with E-state index in [9.17, 15) is 4.79 Å². The van der Waals surface area contributed by atoms with Crippen LogP contribution in [0.1, 0.15) is 35.2 Å². The predicted molar refractivity (Wildman–Crippen MR) is 140 cm³/mol. The van der Waals surface area contributed by atoms with Gasteiger partial charge in [0, 0.05) is 0 Å². The third-order valence-electron chi connectivity index (χ3n) is 6.46. The molecule has 1 amide bonds. The minimum absolute atomic E-state index is 0.0420. The van der Waals surface area contributed by atoms with Crippen LogP contribution in [-0.4, -0.2) is 42.0 Å². The van der Waals surface area contributed by atoms with Gasteiger partial charge in [-0.3, -0.25) is 10.1 Å². The monoisotopic (exact) mass is 499 g/mol. The average Bonchev–Trinajstić information content (AvgIpc) is 3.35. The summed E-state index contributed by atoms with van der Waals surface area (Å²) in [7, 11) is 4.79. The minimum atomic E-state index is -0.226. The van der Waals surface area contributed by atoms with Gasteiger partial charge in [-0.15, -0.1) is 5.10 Å². The van der Waals surface area contributed by atoms with Gasteiger partial charge in [0.15, 0.2) is 11.5 Å². The van der Waals surface area contributed by atoms with E-state index in [1.54, 1.807) is 33.5 Å². The molecule has 0 aliphatic carbocycles. The van der Waals surface area contributed by atoms with Crippen molar-refractivity contribution in [2.24, 2.45) is 0 Å². The van der Waals surface area contributed by atoms with E-state index >= 15 is 0 Å². The molecule has 5 rings (SSSR count). The third-order valence-corrected chi connectivity index (χ3v) is 6.46. The summed E-state index contributed by atoms with van der Waals surface area (Å²) >= 11 is 0. The number of amides is 1. The van der Waals surface area contributed by atoms with Crippen LogP contribution in [0.3, 0.4) is 0 Å². The van der Waals surface area contributed by atoms with Gasteiger partial charge in [-0.05, 0) is 47.4 Å². The van der Waals surface area contributed by atoms with E-state index < -0.39 is 0 Å². The maximum atomic E-state index is 12.8. The molecule has 1 aromatic heterocycles. The fraction of sp³-hybridized carbons (Fsp3) is 0.250. The Balaban J connectivity index is 1.39. The number of methoxy groups -OCH3 is 3. The number of aromatic nitrogens is 3. The number of nitrogens with zero attached hydrogens (tertiary/aromatic N) is 3. The summed E-state index contributed by atoms with van der Waals surface area (Å²) in [4.78, 5) is 17.5. The first-order valence-corrected chi connectivity index (χ1v) is 12.0. The maximum Gasteiger partial charge on any atom is 0.250 e. The number of fused-ring (bicyclic) bond motifs is 1. The molecule has 9 nitrogen and oxygen atoms in total. The van der Waals surface area contributed by atoms with Crippen LogP contribution >= 0.6 is 0 Å². The zero-order valence-corrected chi connectivity index (χ0v) is 21.0. The van der Waals surface area contributed by atoms with E-state index in [4.69, 9.17) is 14.2 Å². The number of carbonyl (C=O) groups is 1. The van der Waals surface area contributed by atoms with Crippen molar-refractivity contribution in [3.8, 4) is 17.2 Å². The molecule has 0 unspecified atom stereocenters. The van der Waals surface area contributed by atoms with Crippen molar-refractivity contribution in [1.82, 2.24) is 14.8 Å². The zero-order chi connectivity index (χ0) is 25.8. The quantitative estimate of drug-likeness (QED) is 0.365. The number of hydrogen-bond donors (Lipinski definition) is 2. The second-order valence-corrected chi connectivity index (χ2v) is 8.75. The van der Waals surface area contributed by atoms with Crippen LogP contribution in [0.4, 0.5) is 11.9 Å². The average molecular weight is 500 g/mol. The molecule has 4 aromatic rings. The molecule has 2 atom stereocenters. The fourth-order valence-electron chi connectivity index (χ4n) is 4.58. The summed E-state index contributed by atoms with van der Waals surface area (Å²) < 4.78 is 17.8. The zero-order valence-electron chi connectivity index (χ0n) is 21.0. The molecule has 190 valence electrons. The van der Waals surface area contributed by atoms with Gasteiger partial charge in [0.05, 0.1) is 39.8 Å². The summed E-state index contributed by atoms with van der Waals surface area (Å²) in [5.41, 5.74) is 3.03. The van der Waals surface area contributed by atoms with E-state index in [0.717, 1.165) is 28.9 Å². The van der Waals surface area contributed by atoms with Gasteiger partial charge in [0.25, 0.3) is 5.95 Å². The number of rotatable bonds is 8. The van der Waals surface area contributed by atoms with Crippen molar-refractivity contribution in [3.05, 3.63) is 89.5 Å². The molecule has 0 radical (unpaired) electrons. The Bertz CT molecular complexity index is 1370. The lowest BCUT2D eigenvalue weighted by molar-refractivity contribution is -0.115. The Morgan fingerprint density at radius 2 is 1.70 bits per heavy atom. The summed E-state index contributed by atoms with van der Waals surface area (Å²) in [5, 5.41) is 11.0. The van der Waals surface area contributed by atoms with Gasteiger partial charge >= 0.3 is 0 Å². The highest BCUT2D eigenvalue weighted by Crippen LogP contribution is 2.38. The van der Waals surface area contributed by atoms with Crippen molar-refractivity contribution < 1.29 is 19.0 Å². The van der Waals surface area contributed by atoms with Crippen molar-refractivity contribution in [2.45, 2.75) is 24.9 Å². The van der Waals surface area contributed by atoms with E-state index in [2.05, 4.69) is 32.8 Å². The first-order valence-electron chi connectivity index (χ1n) is 12.0. The largest absolute Gasteiger partial charge is 0.497 e. The first kappa shape index (κ1) is 24.2. The Kier molecular flexibility index (Phi) is 6.93. The molecule has 37 heavy (non-hydrogen) atoms. The van der Waals surface area contributed by atoms with Crippen LogP contribution in [-0.2, 0) is 11.2 Å². The molecule has 2 N–H and O–H groups in total. The Labute approximate surface area is 215 Å². The van der Waals surface area contributed by atoms with E-state index in [0.29, 0.717) is 17.4 Å². The molecule has 3 aromatic carbocycles. The predicted octanol–water partition coefficient (Wildman–Crippen LogP) is 4.63. The van der Waals surface area contributed by atoms with E-state index in [1.165, 1.54) is 0 Å². The Morgan fingerprint density at radius 1 is 0.946 bits per heavy atom. The van der Waals surface area contributed by atoms with Gasteiger partial charge in [-0.1, -0.05) is 48.5 Å². The van der Waals surface area contributed by atoms with Gasteiger partial charge in [0.1, 0.15) is 5.75 Å². The molecule has 1 aliphatic rings. The molecule has 0 spiro atoms. The molecule has 2 heterocycles. The molecular weight excluding hydrogens is 470 g/mol. The van der Waals surface area contributed by atoms with Crippen LogP contribution in [0, 0.1) is 0 Å². The van der Waals surface area contributed by atoms with Crippen molar-refractivity contribution in [2.75, 3.05) is 32.0 Å². The summed E-state index contributed by atoms with van der Waals surface area (Å²) in [6, 6.07) is 23.6. The standard InChI is InChI=1S/C28H29N5O4/c1-35-21-12-10-20(11-13-21)23-17-22(19-7-5-4-6-8-19)29-28-31-27(32-33(23)28)30-26(34)16-18-9-14-24(36-2)25(15-18)37-3/h4-15,22-23H,16-17H2,1-3H3,(H2,29,30,31,32,34)/t22-,23-/m1/s1. The number of hydrogen-bond acceptors (Lipinski definition) is 7. The molecule has 0 saturated carbocycles. The summed E-state index contributed by atoms with van der Waals surface area (Å²) in [6.07, 6.45) is 0.915. The van der Waals surface area contributed by atoms with Crippen molar-refractivity contribution in [1.29, 1.82) is 0 Å². The number of ether oxygens (including phenoxy) is 3. The Hall–Kier alpha value is -4.53. The highest BCUT2D eigenvalue weighted by molar-refractivity contribution is 5.90. The SMILES string of the molecule is COc1ccc([C@H]2C[C@H](c3ccccc3)Nc3nc(NC(=O)Cc4ccc(OC)c(OC)c4)nn32)cc1. The van der Waals surface area contributed by atoms with Gasteiger partial charge in [0.2, 0.25) is 11.9 Å². The molecule has 9 heteroatoms. The lowest BCUT2D eigenvalue weighted by atomic mass is 9.93. The molecule has 1 aliphatic heterocycles. The molecular formula is C28H29N5O4. The molecule has 0 bridgehead atoms. The van der Waals surface area contributed by atoms with Gasteiger partial charge < -0.3 is 19.5 Å². The first-order chi connectivity index (χ1) is 18.1. The number of carbonyl (C=O) groups excluding carboxylic acids is 1. The fourth-order valence-corrected chi connectivity index (χ4v) is 4.58. The summed E-state index contributed by atoms with van der Waals surface area (Å²) in [6.45, 7) is 0. The highest BCUT2D eigenvalue weighted by Gasteiger charge is 2.31. The second-order valence-electron chi connectivity index (χ2n) is 8.75. The number of nitrogens with one attached hydrogen (secondary N) is 2. The van der Waals surface area contributed by atoms with Gasteiger partial charge in [-0.25, -0.2) is 4.68 Å². The summed E-state index contributed by atoms with van der Waals surface area (Å²) in [5.74, 6) is 2.60.